The van der Waals surface area contributed by atoms with Gasteiger partial charge in [0.1, 0.15) is 11.6 Å². The third-order valence-electron chi connectivity index (χ3n) is 3.27. The minimum atomic E-state index is -1.17. The molecule has 1 aromatic rings. The molecule has 0 radical (unpaired) electrons. The summed E-state index contributed by atoms with van der Waals surface area (Å²) in [7, 11) is 0. The van der Waals surface area contributed by atoms with Gasteiger partial charge in [0, 0.05) is 6.54 Å². The first-order valence-electron chi connectivity index (χ1n) is 7.18. The summed E-state index contributed by atoms with van der Waals surface area (Å²) in [5, 5.41) is 5.45. The standard InChI is InChI=1S/C16H25N3O2/c1-11(2)10-18-14(20)12(3)19-15(21)16(4,17)13-8-6-5-7-9-13/h5-9,11-12H,10,17H2,1-4H3,(H,18,20)(H,19,21). The van der Waals surface area contributed by atoms with E-state index in [0.29, 0.717) is 18.0 Å². The molecule has 0 bridgehead atoms. The average Bonchev–Trinajstić information content (AvgIpc) is 2.45. The molecule has 0 saturated heterocycles. The van der Waals surface area contributed by atoms with Crippen LogP contribution in [0.25, 0.3) is 0 Å². The van der Waals surface area contributed by atoms with E-state index in [0.717, 1.165) is 0 Å². The molecule has 0 aliphatic heterocycles. The second-order valence-electron chi connectivity index (χ2n) is 5.90. The van der Waals surface area contributed by atoms with Crippen molar-refractivity contribution >= 4 is 11.8 Å². The van der Waals surface area contributed by atoms with E-state index in [1.165, 1.54) is 0 Å². The number of hydrogen-bond acceptors (Lipinski definition) is 3. The lowest BCUT2D eigenvalue weighted by molar-refractivity contribution is -0.131. The number of amides is 2. The molecule has 5 nitrogen and oxygen atoms in total. The monoisotopic (exact) mass is 291 g/mol. The van der Waals surface area contributed by atoms with Gasteiger partial charge < -0.3 is 16.4 Å². The van der Waals surface area contributed by atoms with Crippen molar-refractivity contribution in [3.8, 4) is 0 Å². The molecule has 2 unspecified atom stereocenters. The third kappa shape index (κ3) is 4.86. The first-order valence-corrected chi connectivity index (χ1v) is 7.18. The van der Waals surface area contributed by atoms with Gasteiger partial charge in [-0.15, -0.1) is 0 Å². The molecule has 1 aromatic carbocycles. The molecule has 21 heavy (non-hydrogen) atoms. The zero-order chi connectivity index (χ0) is 16.0. The molecule has 4 N–H and O–H groups in total. The Labute approximate surface area is 126 Å². The Morgan fingerprint density at radius 1 is 1.19 bits per heavy atom. The Bertz CT molecular complexity index is 484. The van der Waals surface area contributed by atoms with Crippen LogP contribution in [0.1, 0.15) is 33.3 Å². The Hall–Kier alpha value is -1.88. The summed E-state index contributed by atoms with van der Waals surface area (Å²) >= 11 is 0. The van der Waals surface area contributed by atoms with E-state index in [2.05, 4.69) is 10.6 Å². The number of benzene rings is 1. The van der Waals surface area contributed by atoms with Gasteiger partial charge >= 0.3 is 0 Å². The summed E-state index contributed by atoms with van der Waals surface area (Å²) in [6, 6.07) is 8.48. The number of carbonyl (C=O) groups excluding carboxylic acids is 2. The zero-order valence-electron chi connectivity index (χ0n) is 13.1. The van der Waals surface area contributed by atoms with Gasteiger partial charge in [-0.3, -0.25) is 9.59 Å². The fraction of sp³-hybridized carbons (Fsp3) is 0.500. The van der Waals surface area contributed by atoms with Crippen molar-refractivity contribution in [2.75, 3.05) is 6.54 Å². The van der Waals surface area contributed by atoms with E-state index in [1.54, 1.807) is 26.0 Å². The number of carbonyl (C=O) groups is 2. The summed E-state index contributed by atoms with van der Waals surface area (Å²) < 4.78 is 0. The molecule has 0 saturated carbocycles. The van der Waals surface area contributed by atoms with Crippen LogP contribution in [0.3, 0.4) is 0 Å². The summed E-state index contributed by atoms with van der Waals surface area (Å²) in [6.07, 6.45) is 0. The Morgan fingerprint density at radius 2 is 1.76 bits per heavy atom. The van der Waals surface area contributed by atoms with Crippen LogP contribution < -0.4 is 16.4 Å². The summed E-state index contributed by atoms with van der Waals surface area (Å²) in [5.74, 6) is -0.220. The largest absolute Gasteiger partial charge is 0.354 e. The van der Waals surface area contributed by atoms with E-state index >= 15 is 0 Å². The highest BCUT2D eigenvalue weighted by Crippen LogP contribution is 2.17. The van der Waals surface area contributed by atoms with Crippen molar-refractivity contribution < 1.29 is 9.59 Å². The maximum atomic E-state index is 12.3. The summed E-state index contributed by atoms with van der Waals surface area (Å²) in [6.45, 7) is 7.88. The maximum Gasteiger partial charge on any atom is 0.245 e. The van der Waals surface area contributed by atoms with Crippen LogP contribution in [0, 0.1) is 5.92 Å². The van der Waals surface area contributed by atoms with Crippen molar-refractivity contribution in [3.63, 3.8) is 0 Å². The van der Waals surface area contributed by atoms with Crippen molar-refractivity contribution in [1.29, 1.82) is 0 Å². The highest BCUT2D eigenvalue weighted by atomic mass is 16.2. The molecule has 0 aromatic heterocycles. The number of nitrogens with one attached hydrogen (secondary N) is 2. The molecule has 1 rings (SSSR count). The molecular weight excluding hydrogens is 266 g/mol. The van der Waals surface area contributed by atoms with E-state index in [4.69, 9.17) is 5.73 Å². The first-order chi connectivity index (χ1) is 9.75. The lowest BCUT2D eigenvalue weighted by atomic mass is 9.92. The Kier molecular flexibility index (Phi) is 5.90. The van der Waals surface area contributed by atoms with E-state index < -0.39 is 11.6 Å². The van der Waals surface area contributed by atoms with Crippen LogP contribution in [0.4, 0.5) is 0 Å². The predicted octanol–water partition coefficient (Wildman–Crippen LogP) is 1.14. The maximum absolute atomic E-state index is 12.3. The fourth-order valence-electron chi connectivity index (χ4n) is 1.79. The summed E-state index contributed by atoms with van der Waals surface area (Å²) in [5.41, 5.74) is 5.64. The Morgan fingerprint density at radius 3 is 2.29 bits per heavy atom. The highest BCUT2D eigenvalue weighted by Gasteiger charge is 2.32. The quantitative estimate of drug-likeness (QED) is 0.735. The molecule has 0 aliphatic carbocycles. The minimum absolute atomic E-state index is 0.207. The molecule has 5 heteroatoms. The van der Waals surface area contributed by atoms with Gasteiger partial charge in [-0.25, -0.2) is 0 Å². The third-order valence-corrected chi connectivity index (χ3v) is 3.27. The summed E-state index contributed by atoms with van der Waals surface area (Å²) in [4.78, 5) is 24.2. The minimum Gasteiger partial charge on any atom is -0.354 e. The lowest BCUT2D eigenvalue weighted by Gasteiger charge is -2.26. The second kappa shape index (κ2) is 7.22. The van der Waals surface area contributed by atoms with Crippen molar-refractivity contribution in [3.05, 3.63) is 35.9 Å². The van der Waals surface area contributed by atoms with Crippen LogP contribution >= 0.6 is 0 Å². The van der Waals surface area contributed by atoms with Gasteiger partial charge in [0.05, 0.1) is 0 Å². The molecular formula is C16H25N3O2. The molecule has 116 valence electrons. The fourth-order valence-corrected chi connectivity index (χ4v) is 1.79. The zero-order valence-corrected chi connectivity index (χ0v) is 13.1. The van der Waals surface area contributed by atoms with Gasteiger partial charge in [0.25, 0.3) is 0 Å². The van der Waals surface area contributed by atoms with Crippen molar-refractivity contribution in [2.24, 2.45) is 11.7 Å². The van der Waals surface area contributed by atoms with Gasteiger partial charge in [0.15, 0.2) is 0 Å². The normalized spacial score (nSPS) is 15.1. The molecule has 0 fully saturated rings. The van der Waals surface area contributed by atoms with Crippen LogP contribution in [0.2, 0.25) is 0 Å². The van der Waals surface area contributed by atoms with Crippen molar-refractivity contribution in [1.82, 2.24) is 10.6 Å². The highest BCUT2D eigenvalue weighted by molar-refractivity contribution is 5.92. The van der Waals surface area contributed by atoms with E-state index in [1.807, 2.05) is 32.0 Å². The molecule has 0 heterocycles. The van der Waals surface area contributed by atoms with E-state index in [-0.39, 0.29) is 11.8 Å². The van der Waals surface area contributed by atoms with Gasteiger partial charge in [-0.2, -0.15) is 0 Å². The predicted molar refractivity (Wildman–Crippen MR) is 83.4 cm³/mol. The van der Waals surface area contributed by atoms with Crippen LogP contribution in [0.15, 0.2) is 30.3 Å². The van der Waals surface area contributed by atoms with Gasteiger partial charge in [0.2, 0.25) is 11.8 Å². The van der Waals surface area contributed by atoms with E-state index in [9.17, 15) is 9.59 Å². The first kappa shape index (κ1) is 17.2. The SMILES string of the molecule is CC(C)CNC(=O)C(C)NC(=O)C(C)(N)c1ccccc1. The van der Waals surface area contributed by atoms with Crippen molar-refractivity contribution in [2.45, 2.75) is 39.3 Å². The van der Waals surface area contributed by atoms with Crippen LogP contribution in [0.5, 0.6) is 0 Å². The molecule has 2 atom stereocenters. The second-order valence-corrected chi connectivity index (χ2v) is 5.90. The van der Waals surface area contributed by atoms with Gasteiger partial charge in [-0.1, -0.05) is 44.2 Å². The number of nitrogens with two attached hydrogens (primary N) is 1. The van der Waals surface area contributed by atoms with Crippen LogP contribution in [-0.4, -0.2) is 24.4 Å². The molecule has 0 aliphatic rings. The topological polar surface area (TPSA) is 84.2 Å². The lowest BCUT2D eigenvalue weighted by Crippen LogP contribution is -2.54. The number of hydrogen-bond donors (Lipinski definition) is 3. The molecule has 0 spiro atoms. The number of rotatable bonds is 6. The smallest absolute Gasteiger partial charge is 0.245 e. The van der Waals surface area contributed by atoms with Crippen LogP contribution in [-0.2, 0) is 15.1 Å². The molecule has 2 amide bonds. The van der Waals surface area contributed by atoms with Gasteiger partial charge in [-0.05, 0) is 25.3 Å². The Balaban J connectivity index is 2.65. The average molecular weight is 291 g/mol.